The summed E-state index contributed by atoms with van der Waals surface area (Å²) in [6.07, 6.45) is 6.67. The zero-order valence-corrected chi connectivity index (χ0v) is 24.9. The molecule has 3 rings (SSSR count). The van der Waals surface area contributed by atoms with Crippen LogP contribution in [0.15, 0.2) is 30.9 Å². The number of amides is 2. The summed E-state index contributed by atoms with van der Waals surface area (Å²) in [4.78, 5) is 36.3. The molecule has 1 aliphatic rings. The molecule has 0 bridgehead atoms. The lowest BCUT2D eigenvalue weighted by Crippen LogP contribution is -2.47. The number of aldehydes is 1. The molecule has 2 heterocycles. The average molecular weight is 560 g/mol. The van der Waals surface area contributed by atoms with Crippen molar-refractivity contribution in [2.45, 2.75) is 65.3 Å². The summed E-state index contributed by atoms with van der Waals surface area (Å²) in [5, 5.41) is 17.3. The van der Waals surface area contributed by atoms with E-state index in [1.54, 1.807) is 24.5 Å². The van der Waals surface area contributed by atoms with Gasteiger partial charge in [0.25, 0.3) is 0 Å². The number of benzene rings is 1. The van der Waals surface area contributed by atoms with Crippen molar-refractivity contribution in [3.63, 3.8) is 0 Å². The molecular weight excluding hydrogens is 514 g/mol. The molecule has 0 saturated carbocycles. The number of allylic oxidation sites excluding steroid dienone is 1. The molecule has 2 amide bonds. The van der Waals surface area contributed by atoms with Gasteiger partial charge < -0.3 is 20.7 Å². The van der Waals surface area contributed by atoms with Crippen molar-refractivity contribution in [1.82, 2.24) is 20.9 Å². The van der Waals surface area contributed by atoms with Gasteiger partial charge in [0.15, 0.2) is 0 Å². The molecule has 1 fully saturated rings. The second-order valence-electron chi connectivity index (χ2n) is 8.57. The van der Waals surface area contributed by atoms with Crippen molar-refractivity contribution in [2.24, 2.45) is 5.92 Å². The maximum Gasteiger partial charge on any atom is 0.220 e. The number of carbonyl (C=O) groups is 3. The van der Waals surface area contributed by atoms with Gasteiger partial charge >= 0.3 is 0 Å². The Balaban J connectivity index is 0.000000930. The van der Waals surface area contributed by atoms with Crippen LogP contribution >= 0.6 is 11.3 Å². The lowest BCUT2D eigenvalue weighted by molar-refractivity contribution is -0.122. The van der Waals surface area contributed by atoms with E-state index in [0.717, 1.165) is 49.5 Å². The minimum Gasteiger partial charge on any atom is -0.381 e. The maximum atomic E-state index is 12.5. The van der Waals surface area contributed by atoms with Crippen molar-refractivity contribution in [3.05, 3.63) is 41.4 Å². The first-order chi connectivity index (χ1) is 18.8. The number of hydrogen-bond donors (Lipinski definition) is 3. The Morgan fingerprint density at radius 3 is 2.38 bits per heavy atom. The third kappa shape index (κ3) is 15.8. The van der Waals surface area contributed by atoms with E-state index in [4.69, 9.17) is 14.8 Å². The quantitative estimate of drug-likeness (QED) is 0.296. The number of aryl methyl sites for hydroxylation is 2. The molecule has 39 heavy (non-hydrogen) atoms. The Morgan fingerprint density at radius 1 is 1.26 bits per heavy atom. The van der Waals surface area contributed by atoms with Gasteiger partial charge in [-0.1, -0.05) is 26.5 Å². The number of ether oxygens (including phenoxy) is 1. The molecule has 0 aliphatic carbocycles. The number of hydrogen-bond acceptors (Lipinski definition) is 8. The Bertz CT molecular complexity index is 1020. The van der Waals surface area contributed by atoms with Crippen molar-refractivity contribution >= 4 is 39.7 Å². The molecule has 216 valence electrons. The smallest absolute Gasteiger partial charge is 0.220 e. The van der Waals surface area contributed by atoms with Crippen LogP contribution in [0.1, 0.15) is 57.0 Å². The summed E-state index contributed by atoms with van der Waals surface area (Å²) < 4.78 is 6.66. The second kappa shape index (κ2) is 22.8. The fraction of sp³-hybridized carbons (Fsp3) is 0.552. The summed E-state index contributed by atoms with van der Waals surface area (Å²) in [5.41, 5.74) is 2.37. The monoisotopic (exact) mass is 559 g/mol. The Kier molecular flexibility index (Phi) is 21.0. The summed E-state index contributed by atoms with van der Waals surface area (Å²) in [5.74, 6) is 0.704. The molecule has 1 aromatic heterocycles. The zero-order valence-electron chi connectivity index (χ0n) is 24.0. The number of nitrogens with one attached hydrogen (secondary N) is 3. The number of nitrogens with zero attached hydrogens (tertiary/aromatic N) is 2. The van der Waals surface area contributed by atoms with Gasteiger partial charge in [0.1, 0.15) is 6.29 Å². The van der Waals surface area contributed by atoms with Crippen LogP contribution < -0.4 is 16.0 Å². The van der Waals surface area contributed by atoms with Crippen molar-refractivity contribution in [2.75, 3.05) is 33.9 Å². The molecule has 1 aromatic carbocycles. The van der Waals surface area contributed by atoms with Crippen molar-refractivity contribution in [3.8, 4) is 6.07 Å². The first kappa shape index (κ1) is 35.9. The number of aromatic nitrogens is 1. The van der Waals surface area contributed by atoms with Gasteiger partial charge in [-0.2, -0.15) is 5.26 Å². The predicted octanol–water partition coefficient (Wildman–Crippen LogP) is 3.97. The zero-order chi connectivity index (χ0) is 29.5. The van der Waals surface area contributed by atoms with E-state index in [2.05, 4.69) is 52.6 Å². The molecule has 10 heteroatoms. The highest BCUT2D eigenvalue weighted by Gasteiger charge is 2.25. The Hall–Kier alpha value is -3.13. The largest absolute Gasteiger partial charge is 0.381 e. The normalized spacial score (nSPS) is 13.0. The molecular formula is C29H45N5O4S. The van der Waals surface area contributed by atoms with E-state index < -0.39 is 0 Å². The molecule has 1 unspecified atom stereocenters. The summed E-state index contributed by atoms with van der Waals surface area (Å²) in [7, 11) is 3.57. The molecule has 1 atom stereocenters. The van der Waals surface area contributed by atoms with Crippen LogP contribution in [-0.2, 0) is 32.0 Å². The van der Waals surface area contributed by atoms with Gasteiger partial charge in [-0.15, -0.1) is 11.3 Å². The van der Waals surface area contributed by atoms with Crippen LogP contribution in [0.4, 0.5) is 0 Å². The third-order valence-electron chi connectivity index (χ3n) is 5.77. The van der Waals surface area contributed by atoms with E-state index in [9.17, 15) is 9.59 Å². The minimum absolute atomic E-state index is 0.0926. The van der Waals surface area contributed by atoms with E-state index in [1.807, 2.05) is 14.0 Å². The minimum atomic E-state index is 0.0926. The van der Waals surface area contributed by atoms with Crippen LogP contribution in [0.25, 0.3) is 10.2 Å². The summed E-state index contributed by atoms with van der Waals surface area (Å²) in [6.45, 7) is 10.9. The fourth-order valence-corrected chi connectivity index (χ4v) is 4.72. The van der Waals surface area contributed by atoms with E-state index in [-0.39, 0.29) is 17.9 Å². The van der Waals surface area contributed by atoms with Crippen LogP contribution in [0.3, 0.4) is 0 Å². The SMILES string of the molecule is C=CC=O.CC#N.CCC(=O)NC.CCc1ccc2nc(CCC(=O)NC(CNC)C3CCOCC3)sc2c1. The van der Waals surface area contributed by atoms with Crippen molar-refractivity contribution in [1.29, 1.82) is 5.26 Å². The van der Waals surface area contributed by atoms with Gasteiger partial charge in [0.2, 0.25) is 11.8 Å². The predicted molar refractivity (Wildman–Crippen MR) is 159 cm³/mol. The lowest BCUT2D eigenvalue weighted by atomic mass is 9.91. The topological polar surface area (TPSA) is 133 Å². The Labute approximate surface area is 237 Å². The van der Waals surface area contributed by atoms with Crippen molar-refractivity contribution < 1.29 is 19.1 Å². The molecule has 1 saturated heterocycles. The van der Waals surface area contributed by atoms with Gasteiger partial charge in [0, 0.05) is 59.0 Å². The average Bonchev–Trinajstić information content (AvgIpc) is 3.39. The highest BCUT2D eigenvalue weighted by atomic mass is 32.1. The Morgan fingerprint density at radius 2 is 1.90 bits per heavy atom. The summed E-state index contributed by atoms with van der Waals surface area (Å²) >= 11 is 1.71. The van der Waals surface area contributed by atoms with Crippen LogP contribution in [0, 0.1) is 17.2 Å². The number of fused-ring (bicyclic) bond motifs is 1. The molecule has 0 spiro atoms. The van der Waals surface area contributed by atoms with E-state index in [1.165, 1.54) is 23.3 Å². The fourth-order valence-electron chi connectivity index (χ4n) is 3.69. The summed E-state index contributed by atoms with van der Waals surface area (Å²) in [6, 6.07) is 8.36. The van der Waals surface area contributed by atoms with Crippen LogP contribution in [0.2, 0.25) is 0 Å². The second-order valence-corrected chi connectivity index (χ2v) is 9.68. The number of likely N-dealkylation sites (N-methyl/N-ethyl adjacent to an activating group) is 1. The van der Waals surface area contributed by atoms with Crippen LogP contribution in [0.5, 0.6) is 0 Å². The number of thiazole rings is 1. The molecule has 9 nitrogen and oxygen atoms in total. The van der Waals surface area contributed by atoms with E-state index >= 15 is 0 Å². The number of carbonyl (C=O) groups excluding carboxylic acids is 3. The van der Waals surface area contributed by atoms with Gasteiger partial charge in [-0.3, -0.25) is 14.4 Å². The molecule has 3 N–H and O–H groups in total. The standard InChI is InChI=1S/C20H29N3O2S.C4H9NO.C3H4O.C2H3N/c1-3-14-4-5-16-18(12-14)26-20(23-16)7-6-19(24)22-17(13-21-2)15-8-10-25-11-9-15;1-3-4(6)5-2;1-2-3-4;1-2-3/h4-5,12,15,17,21H,3,6-11,13H2,1-2H3,(H,22,24);3H2,1-2H3,(H,5,6);2-3H,1H2;1H3. The first-order valence-electron chi connectivity index (χ1n) is 13.3. The molecule has 0 radical (unpaired) electrons. The van der Waals surface area contributed by atoms with Gasteiger partial charge in [-0.05, 0) is 56.0 Å². The van der Waals surface area contributed by atoms with Crippen LogP contribution in [-0.4, -0.2) is 63.0 Å². The van der Waals surface area contributed by atoms with E-state index in [0.29, 0.717) is 31.5 Å². The maximum absolute atomic E-state index is 12.5. The lowest BCUT2D eigenvalue weighted by Gasteiger charge is -2.31. The molecule has 1 aliphatic heterocycles. The molecule has 2 aromatic rings. The third-order valence-corrected chi connectivity index (χ3v) is 6.85. The number of nitriles is 1. The highest BCUT2D eigenvalue weighted by molar-refractivity contribution is 7.18. The van der Waals surface area contributed by atoms with Gasteiger partial charge in [-0.25, -0.2) is 4.98 Å². The number of rotatable bonds is 10. The first-order valence-corrected chi connectivity index (χ1v) is 14.1. The van der Waals surface area contributed by atoms with Gasteiger partial charge in [0.05, 0.1) is 21.3 Å². The highest BCUT2D eigenvalue weighted by Crippen LogP contribution is 2.24.